The van der Waals surface area contributed by atoms with Crippen LogP contribution in [0.4, 0.5) is 0 Å². The summed E-state index contributed by atoms with van der Waals surface area (Å²) in [4.78, 5) is 27.6. The molecule has 0 bridgehead atoms. The lowest BCUT2D eigenvalue weighted by molar-refractivity contribution is -0.140. The summed E-state index contributed by atoms with van der Waals surface area (Å²) in [6.45, 7) is 7.23. The fraction of sp³-hybridized carbons (Fsp3) is 0.417. The maximum Gasteiger partial charge on any atom is 0.243 e. The molecule has 2 aromatic rings. The monoisotopic (exact) mass is 493 g/mol. The molecule has 0 radical (unpaired) electrons. The molecule has 0 aromatic heterocycles. The Bertz CT molecular complexity index is 1070. The molecule has 0 saturated carbocycles. The molecule has 0 aliphatic rings. The lowest BCUT2D eigenvalue weighted by Gasteiger charge is -2.31. The Balaban J connectivity index is 2.27. The van der Waals surface area contributed by atoms with Gasteiger partial charge in [0.25, 0.3) is 0 Å². The van der Waals surface area contributed by atoms with Crippen LogP contribution >= 0.6 is 11.6 Å². The van der Waals surface area contributed by atoms with E-state index in [0.717, 1.165) is 21.9 Å². The van der Waals surface area contributed by atoms with Crippen molar-refractivity contribution in [1.82, 2.24) is 14.5 Å². The largest absolute Gasteiger partial charge is 0.352 e. The summed E-state index contributed by atoms with van der Waals surface area (Å²) in [7, 11) is -2.56. The second kappa shape index (κ2) is 11.6. The van der Waals surface area contributed by atoms with E-state index in [2.05, 4.69) is 5.32 Å². The standard InChI is InChI=1S/C24H32ClN3O4S/c1-6-18(3)26-24(30)19(4)28(15-20-9-7-8-17(2)14-20)23(29)16-27(5)33(31,32)22-12-10-21(25)11-13-22/h7-14,18-19H,6,15-16H2,1-5H3,(H,26,30)/t18-,19+/m1/s1. The normalized spacial score (nSPS) is 13.4. The Morgan fingerprint density at radius 3 is 2.30 bits per heavy atom. The number of nitrogens with zero attached hydrogens (tertiary/aromatic N) is 2. The van der Waals surface area contributed by atoms with Gasteiger partial charge in [-0.15, -0.1) is 0 Å². The molecular formula is C24H32ClN3O4S. The average molecular weight is 494 g/mol. The molecule has 7 nitrogen and oxygen atoms in total. The van der Waals surface area contributed by atoms with Gasteiger partial charge in [-0.25, -0.2) is 8.42 Å². The Labute approximate surface area is 201 Å². The van der Waals surface area contributed by atoms with Crippen molar-refractivity contribution in [1.29, 1.82) is 0 Å². The number of hydrogen-bond donors (Lipinski definition) is 1. The number of rotatable bonds is 10. The van der Waals surface area contributed by atoms with Crippen LogP contribution in [0.3, 0.4) is 0 Å². The molecule has 2 atom stereocenters. The second-order valence-electron chi connectivity index (χ2n) is 8.22. The third-order valence-corrected chi connectivity index (χ3v) is 7.55. The van der Waals surface area contributed by atoms with Gasteiger partial charge in [-0.05, 0) is 57.0 Å². The van der Waals surface area contributed by atoms with Crippen molar-refractivity contribution in [3.8, 4) is 0 Å². The molecule has 2 aromatic carbocycles. The first-order valence-corrected chi connectivity index (χ1v) is 12.6. The molecule has 0 aliphatic carbocycles. The number of hydrogen-bond acceptors (Lipinski definition) is 4. The van der Waals surface area contributed by atoms with E-state index >= 15 is 0 Å². The molecule has 9 heteroatoms. The van der Waals surface area contributed by atoms with Crippen molar-refractivity contribution in [3.05, 3.63) is 64.7 Å². The van der Waals surface area contributed by atoms with Crippen LogP contribution in [-0.2, 0) is 26.2 Å². The molecule has 0 aliphatic heterocycles. The summed E-state index contributed by atoms with van der Waals surface area (Å²) in [5, 5.41) is 3.31. The van der Waals surface area contributed by atoms with E-state index in [9.17, 15) is 18.0 Å². The van der Waals surface area contributed by atoms with Gasteiger partial charge in [-0.2, -0.15) is 4.31 Å². The van der Waals surface area contributed by atoms with Crippen molar-refractivity contribution in [2.45, 2.75) is 57.6 Å². The molecule has 2 amide bonds. The maximum absolute atomic E-state index is 13.3. The fourth-order valence-corrected chi connectivity index (χ4v) is 4.45. The van der Waals surface area contributed by atoms with Crippen molar-refractivity contribution in [2.24, 2.45) is 0 Å². The van der Waals surface area contributed by atoms with Gasteiger partial charge in [-0.3, -0.25) is 9.59 Å². The van der Waals surface area contributed by atoms with E-state index in [1.807, 2.05) is 45.0 Å². The Hall–Kier alpha value is -2.42. The molecule has 33 heavy (non-hydrogen) atoms. The number of carbonyl (C=O) groups excluding carboxylic acids is 2. The van der Waals surface area contributed by atoms with E-state index in [0.29, 0.717) is 5.02 Å². The Kier molecular flexibility index (Phi) is 9.46. The average Bonchev–Trinajstić information content (AvgIpc) is 2.77. The highest BCUT2D eigenvalue weighted by molar-refractivity contribution is 7.89. The number of benzene rings is 2. The summed E-state index contributed by atoms with van der Waals surface area (Å²) >= 11 is 5.86. The third kappa shape index (κ3) is 7.28. The summed E-state index contributed by atoms with van der Waals surface area (Å²) in [5.74, 6) is -0.753. The first-order valence-electron chi connectivity index (χ1n) is 10.8. The van der Waals surface area contributed by atoms with Crippen LogP contribution in [-0.4, -0.2) is 55.1 Å². The lowest BCUT2D eigenvalue weighted by atomic mass is 10.1. The highest BCUT2D eigenvalue weighted by Crippen LogP contribution is 2.18. The number of nitrogens with one attached hydrogen (secondary N) is 1. The van der Waals surface area contributed by atoms with Gasteiger partial charge >= 0.3 is 0 Å². The van der Waals surface area contributed by atoms with Crippen LogP contribution in [0.25, 0.3) is 0 Å². The summed E-state index contributed by atoms with van der Waals surface area (Å²) in [6, 6.07) is 12.6. The molecule has 0 spiro atoms. The molecular weight excluding hydrogens is 462 g/mol. The van der Waals surface area contributed by atoms with Crippen molar-refractivity contribution in [3.63, 3.8) is 0 Å². The van der Waals surface area contributed by atoms with Gasteiger partial charge in [0.15, 0.2) is 0 Å². The Morgan fingerprint density at radius 1 is 1.09 bits per heavy atom. The highest BCUT2D eigenvalue weighted by atomic mass is 35.5. The van der Waals surface area contributed by atoms with Gasteiger partial charge in [0.1, 0.15) is 6.04 Å². The Morgan fingerprint density at radius 2 is 1.73 bits per heavy atom. The quantitative estimate of drug-likeness (QED) is 0.547. The molecule has 1 N–H and O–H groups in total. The minimum absolute atomic E-state index is 0.0370. The molecule has 0 saturated heterocycles. The van der Waals surface area contributed by atoms with E-state index in [1.165, 1.54) is 36.2 Å². The number of likely N-dealkylation sites (N-methyl/N-ethyl adjacent to an activating group) is 1. The minimum atomic E-state index is -3.91. The zero-order chi connectivity index (χ0) is 24.8. The first kappa shape index (κ1) is 26.8. The number of halogens is 1. The fourth-order valence-electron chi connectivity index (χ4n) is 3.21. The maximum atomic E-state index is 13.3. The smallest absolute Gasteiger partial charge is 0.243 e. The highest BCUT2D eigenvalue weighted by Gasteiger charge is 2.30. The molecule has 180 valence electrons. The van der Waals surface area contributed by atoms with Crippen molar-refractivity contribution in [2.75, 3.05) is 13.6 Å². The first-order chi connectivity index (χ1) is 15.4. The predicted molar refractivity (Wildman–Crippen MR) is 130 cm³/mol. The molecule has 0 heterocycles. The second-order valence-corrected chi connectivity index (χ2v) is 10.7. The van der Waals surface area contributed by atoms with Crippen LogP contribution in [0.15, 0.2) is 53.4 Å². The van der Waals surface area contributed by atoms with E-state index < -0.39 is 28.5 Å². The van der Waals surface area contributed by atoms with E-state index in [-0.39, 0.29) is 23.4 Å². The number of aryl methyl sites for hydroxylation is 1. The van der Waals surface area contributed by atoms with Gasteiger partial charge in [0.2, 0.25) is 21.8 Å². The van der Waals surface area contributed by atoms with E-state index in [1.54, 1.807) is 6.92 Å². The van der Waals surface area contributed by atoms with Crippen LogP contribution in [0, 0.1) is 6.92 Å². The van der Waals surface area contributed by atoms with Gasteiger partial charge < -0.3 is 10.2 Å². The van der Waals surface area contributed by atoms with Crippen LogP contribution in [0.1, 0.15) is 38.3 Å². The summed E-state index contributed by atoms with van der Waals surface area (Å²) in [6.07, 6.45) is 0.756. The van der Waals surface area contributed by atoms with Crippen molar-refractivity contribution < 1.29 is 18.0 Å². The molecule has 0 unspecified atom stereocenters. The van der Waals surface area contributed by atoms with Gasteiger partial charge in [0, 0.05) is 24.7 Å². The number of carbonyl (C=O) groups is 2. The van der Waals surface area contributed by atoms with Crippen LogP contribution in [0.2, 0.25) is 5.02 Å². The van der Waals surface area contributed by atoms with Gasteiger partial charge in [-0.1, -0.05) is 48.4 Å². The van der Waals surface area contributed by atoms with E-state index in [4.69, 9.17) is 11.6 Å². The van der Waals surface area contributed by atoms with Gasteiger partial charge in [0.05, 0.1) is 11.4 Å². The molecule has 2 rings (SSSR count). The van der Waals surface area contributed by atoms with Crippen LogP contribution in [0.5, 0.6) is 0 Å². The number of sulfonamides is 1. The minimum Gasteiger partial charge on any atom is -0.352 e. The summed E-state index contributed by atoms with van der Waals surface area (Å²) in [5.41, 5.74) is 1.88. The predicted octanol–water partition coefficient (Wildman–Crippen LogP) is 3.60. The van der Waals surface area contributed by atoms with Crippen LogP contribution < -0.4 is 5.32 Å². The zero-order valence-electron chi connectivity index (χ0n) is 19.7. The topological polar surface area (TPSA) is 86.8 Å². The third-order valence-electron chi connectivity index (χ3n) is 5.48. The molecule has 0 fully saturated rings. The SMILES string of the molecule is CC[C@@H](C)NC(=O)[C@H](C)N(Cc1cccc(C)c1)C(=O)CN(C)S(=O)(=O)c1ccc(Cl)cc1. The van der Waals surface area contributed by atoms with Crippen molar-refractivity contribution >= 4 is 33.4 Å². The summed E-state index contributed by atoms with van der Waals surface area (Å²) < 4.78 is 26.8. The lowest BCUT2D eigenvalue weighted by Crippen LogP contribution is -2.51. The zero-order valence-corrected chi connectivity index (χ0v) is 21.3. The number of amides is 2.